The molecule has 0 saturated heterocycles. The first-order chi connectivity index (χ1) is 8.61. The maximum Gasteiger partial charge on any atom is 0.258 e. The predicted molar refractivity (Wildman–Crippen MR) is 83.5 cm³/mol. The van der Waals surface area contributed by atoms with Gasteiger partial charge in [0.25, 0.3) is 5.91 Å². The summed E-state index contributed by atoms with van der Waals surface area (Å²) in [6, 6.07) is 5.66. The number of anilines is 1. The molecule has 0 spiro atoms. The van der Waals surface area contributed by atoms with Gasteiger partial charge in [-0.2, -0.15) is 0 Å². The zero-order valence-electron chi connectivity index (χ0n) is 9.54. The molecule has 3 nitrogen and oxygen atoms in total. The van der Waals surface area contributed by atoms with E-state index in [-0.39, 0.29) is 5.91 Å². The van der Waals surface area contributed by atoms with Gasteiger partial charge in [0.2, 0.25) is 0 Å². The van der Waals surface area contributed by atoms with Crippen LogP contribution in [0.2, 0.25) is 0 Å². The van der Waals surface area contributed by atoms with Crippen molar-refractivity contribution < 1.29 is 4.79 Å². The molecule has 18 heavy (non-hydrogen) atoms. The first kappa shape index (κ1) is 13.8. The molecule has 94 valence electrons. The lowest BCUT2D eigenvalue weighted by atomic mass is 10.1. The highest BCUT2D eigenvalue weighted by Gasteiger charge is 2.13. The standard InChI is InChI=1S/C12H10ClIN2OS/c1-7-3-2-4-9(10(7)14)11(17)16-12-15-8(5-13)6-18-12/h2-4,6H,5H2,1H3,(H,15,16,17). The highest BCUT2D eigenvalue weighted by atomic mass is 127. The Morgan fingerprint density at radius 3 is 3.00 bits per heavy atom. The Morgan fingerprint density at radius 1 is 1.56 bits per heavy atom. The number of benzene rings is 1. The van der Waals surface area contributed by atoms with Crippen LogP contribution in [-0.2, 0) is 5.88 Å². The molecule has 2 aromatic rings. The number of aromatic nitrogens is 1. The maximum absolute atomic E-state index is 12.1. The summed E-state index contributed by atoms with van der Waals surface area (Å²) in [6.45, 7) is 1.98. The molecule has 0 atom stereocenters. The second kappa shape index (κ2) is 5.99. The Kier molecular flexibility index (Phi) is 4.58. The molecule has 0 saturated carbocycles. The molecule has 1 N–H and O–H groups in total. The third kappa shape index (κ3) is 3.02. The van der Waals surface area contributed by atoms with Crippen LogP contribution >= 0.6 is 45.5 Å². The normalized spacial score (nSPS) is 10.4. The van der Waals surface area contributed by atoms with E-state index in [1.165, 1.54) is 11.3 Å². The van der Waals surface area contributed by atoms with E-state index in [1.807, 2.05) is 24.4 Å². The summed E-state index contributed by atoms with van der Waals surface area (Å²) in [4.78, 5) is 16.3. The molecule has 2 rings (SSSR count). The first-order valence-electron chi connectivity index (χ1n) is 5.18. The van der Waals surface area contributed by atoms with E-state index in [0.29, 0.717) is 16.6 Å². The summed E-state index contributed by atoms with van der Waals surface area (Å²) in [5, 5.41) is 5.20. The number of aryl methyl sites for hydroxylation is 1. The van der Waals surface area contributed by atoms with Crippen LogP contribution in [0.3, 0.4) is 0 Å². The van der Waals surface area contributed by atoms with E-state index in [4.69, 9.17) is 11.6 Å². The van der Waals surface area contributed by atoms with Crippen LogP contribution in [0.1, 0.15) is 21.6 Å². The van der Waals surface area contributed by atoms with Crippen molar-refractivity contribution >= 4 is 56.6 Å². The van der Waals surface area contributed by atoms with Gasteiger partial charge >= 0.3 is 0 Å². The summed E-state index contributed by atoms with van der Waals surface area (Å²) in [7, 11) is 0. The zero-order chi connectivity index (χ0) is 13.1. The number of rotatable bonds is 3. The smallest absolute Gasteiger partial charge is 0.258 e. The van der Waals surface area contributed by atoms with E-state index in [0.717, 1.165) is 14.8 Å². The molecular weight excluding hydrogens is 383 g/mol. The van der Waals surface area contributed by atoms with Crippen LogP contribution in [0.25, 0.3) is 0 Å². The molecule has 1 aromatic carbocycles. The monoisotopic (exact) mass is 392 g/mol. The van der Waals surface area contributed by atoms with Crippen molar-refractivity contribution in [3.8, 4) is 0 Å². The van der Waals surface area contributed by atoms with Crippen molar-refractivity contribution in [2.45, 2.75) is 12.8 Å². The molecule has 1 aromatic heterocycles. The Hall–Kier alpha value is -0.660. The lowest BCUT2D eigenvalue weighted by molar-refractivity contribution is 0.102. The lowest BCUT2D eigenvalue weighted by Crippen LogP contribution is -2.13. The van der Waals surface area contributed by atoms with Gasteiger partial charge in [-0.05, 0) is 41.1 Å². The van der Waals surface area contributed by atoms with Crippen molar-refractivity contribution in [2.24, 2.45) is 0 Å². The largest absolute Gasteiger partial charge is 0.298 e. The molecule has 0 fully saturated rings. The SMILES string of the molecule is Cc1cccc(C(=O)Nc2nc(CCl)cs2)c1I. The summed E-state index contributed by atoms with van der Waals surface area (Å²) in [6.07, 6.45) is 0. The minimum Gasteiger partial charge on any atom is -0.298 e. The van der Waals surface area contributed by atoms with Gasteiger partial charge in [0.15, 0.2) is 5.13 Å². The van der Waals surface area contributed by atoms with Gasteiger partial charge in [0, 0.05) is 8.95 Å². The number of hydrogen-bond donors (Lipinski definition) is 1. The number of thiazole rings is 1. The molecule has 1 heterocycles. The fraction of sp³-hybridized carbons (Fsp3) is 0.167. The van der Waals surface area contributed by atoms with Crippen molar-refractivity contribution in [3.63, 3.8) is 0 Å². The van der Waals surface area contributed by atoms with Crippen LogP contribution < -0.4 is 5.32 Å². The number of nitrogens with one attached hydrogen (secondary N) is 1. The van der Waals surface area contributed by atoms with Gasteiger partial charge < -0.3 is 0 Å². The van der Waals surface area contributed by atoms with Crippen LogP contribution in [0.5, 0.6) is 0 Å². The van der Waals surface area contributed by atoms with Gasteiger partial charge in [-0.15, -0.1) is 22.9 Å². The van der Waals surface area contributed by atoms with Crippen LogP contribution in [-0.4, -0.2) is 10.9 Å². The molecule has 0 aliphatic rings. The molecular formula is C12H10ClIN2OS. The second-order valence-electron chi connectivity index (χ2n) is 3.67. The van der Waals surface area contributed by atoms with Gasteiger partial charge in [-0.3, -0.25) is 10.1 Å². The molecule has 0 bridgehead atoms. The summed E-state index contributed by atoms with van der Waals surface area (Å²) in [5.74, 6) is 0.215. The Balaban J connectivity index is 2.19. The van der Waals surface area contributed by atoms with Gasteiger partial charge in [-0.25, -0.2) is 4.98 Å². The summed E-state index contributed by atoms with van der Waals surface area (Å²) in [5.41, 5.74) is 2.53. The molecule has 1 amide bonds. The fourth-order valence-electron chi connectivity index (χ4n) is 1.41. The number of amides is 1. The highest BCUT2D eigenvalue weighted by molar-refractivity contribution is 14.1. The van der Waals surface area contributed by atoms with E-state index < -0.39 is 0 Å². The van der Waals surface area contributed by atoms with Crippen LogP contribution in [0, 0.1) is 10.5 Å². The number of halogens is 2. The maximum atomic E-state index is 12.1. The number of nitrogens with zero attached hydrogens (tertiary/aromatic N) is 1. The third-order valence-corrected chi connectivity index (χ3v) is 4.86. The summed E-state index contributed by atoms with van der Waals surface area (Å²) >= 11 is 9.22. The van der Waals surface area contributed by atoms with E-state index in [1.54, 1.807) is 6.07 Å². The first-order valence-corrected chi connectivity index (χ1v) is 7.68. The van der Waals surface area contributed by atoms with E-state index in [9.17, 15) is 4.79 Å². The zero-order valence-corrected chi connectivity index (χ0v) is 13.3. The van der Waals surface area contributed by atoms with Crippen molar-refractivity contribution in [3.05, 3.63) is 44.0 Å². The van der Waals surface area contributed by atoms with Crippen molar-refractivity contribution in [1.29, 1.82) is 0 Å². The Bertz CT molecular complexity index is 585. The predicted octanol–water partition coefficient (Wildman–Crippen LogP) is 4.05. The van der Waals surface area contributed by atoms with Gasteiger partial charge in [0.05, 0.1) is 17.1 Å². The number of alkyl halides is 1. The van der Waals surface area contributed by atoms with E-state index in [2.05, 4.69) is 32.9 Å². The summed E-state index contributed by atoms with van der Waals surface area (Å²) < 4.78 is 0.960. The minimum atomic E-state index is -0.140. The molecule has 0 radical (unpaired) electrons. The van der Waals surface area contributed by atoms with Crippen LogP contribution in [0.15, 0.2) is 23.6 Å². The molecule has 0 aliphatic carbocycles. The van der Waals surface area contributed by atoms with Crippen LogP contribution in [0.4, 0.5) is 5.13 Å². The average molecular weight is 393 g/mol. The van der Waals surface area contributed by atoms with Gasteiger partial charge in [-0.1, -0.05) is 12.1 Å². The number of carbonyl (C=O) groups is 1. The number of carbonyl (C=O) groups excluding carboxylic acids is 1. The van der Waals surface area contributed by atoms with E-state index >= 15 is 0 Å². The molecule has 0 unspecified atom stereocenters. The fourth-order valence-corrected chi connectivity index (χ4v) is 2.95. The van der Waals surface area contributed by atoms with Crippen molar-refractivity contribution in [1.82, 2.24) is 4.98 Å². The third-order valence-electron chi connectivity index (χ3n) is 2.35. The lowest BCUT2D eigenvalue weighted by Gasteiger charge is -2.06. The second-order valence-corrected chi connectivity index (χ2v) is 5.87. The molecule has 0 aliphatic heterocycles. The van der Waals surface area contributed by atoms with Crippen molar-refractivity contribution in [2.75, 3.05) is 5.32 Å². The topological polar surface area (TPSA) is 42.0 Å². The quantitative estimate of drug-likeness (QED) is 0.632. The Morgan fingerprint density at radius 2 is 2.33 bits per heavy atom. The minimum absolute atomic E-state index is 0.140. The Labute approximate surface area is 128 Å². The number of hydrogen-bond acceptors (Lipinski definition) is 3. The molecule has 6 heteroatoms. The van der Waals surface area contributed by atoms with Gasteiger partial charge in [0.1, 0.15) is 0 Å². The highest BCUT2D eigenvalue weighted by Crippen LogP contribution is 2.20. The average Bonchev–Trinajstić information content (AvgIpc) is 2.80.